The van der Waals surface area contributed by atoms with Gasteiger partial charge >= 0.3 is 5.97 Å². The summed E-state index contributed by atoms with van der Waals surface area (Å²) in [6.45, 7) is 4.99. The van der Waals surface area contributed by atoms with E-state index in [1.165, 1.54) is 315 Å². The van der Waals surface area contributed by atoms with Crippen LogP contribution in [-0.2, 0) is 14.3 Å². The highest BCUT2D eigenvalue weighted by molar-refractivity contribution is 5.76. The molecule has 0 aromatic heterocycles. The minimum atomic E-state index is -0.668. The van der Waals surface area contributed by atoms with Crippen molar-refractivity contribution >= 4 is 11.9 Å². The van der Waals surface area contributed by atoms with Crippen molar-refractivity contribution in [1.29, 1.82) is 0 Å². The highest BCUT2D eigenvalue weighted by Gasteiger charge is 2.20. The number of unbranched alkanes of at least 4 members (excludes halogenated alkanes) is 52. The van der Waals surface area contributed by atoms with Crippen LogP contribution in [0.5, 0.6) is 0 Å². The topological polar surface area (TPSA) is 95.9 Å². The molecule has 0 radical (unpaired) electrons. The van der Waals surface area contributed by atoms with Crippen molar-refractivity contribution in [2.75, 3.05) is 13.2 Å². The van der Waals surface area contributed by atoms with Gasteiger partial charge in [0.25, 0.3) is 0 Å². The van der Waals surface area contributed by atoms with Crippen molar-refractivity contribution in [2.24, 2.45) is 0 Å². The van der Waals surface area contributed by atoms with Gasteiger partial charge in [0.15, 0.2) is 0 Å². The molecule has 1 amide bonds. The third-order valence-corrected chi connectivity index (χ3v) is 15.9. The van der Waals surface area contributed by atoms with Gasteiger partial charge in [-0.15, -0.1) is 0 Å². The Morgan fingerprint density at radius 1 is 0.333 bits per heavy atom. The van der Waals surface area contributed by atoms with Crippen LogP contribution in [0, 0.1) is 0 Å². The van der Waals surface area contributed by atoms with E-state index in [2.05, 4.69) is 19.2 Å². The fraction of sp³-hybridized carbons (Fsp3) is 0.970. The zero-order chi connectivity index (χ0) is 52.2. The summed E-state index contributed by atoms with van der Waals surface area (Å²) < 4.78 is 5.48. The van der Waals surface area contributed by atoms with Crippen molar-refractivity contribution in [3.8, 4) is 0 Å². The highest BCUT2D eigenvalue weighted by atomic mass is 16.5. The number of hydrogen-bond acceptors (Lipinski definition) is 5. The van der Waals surface area contributed by atoms with Gasteiger partial charge in [0, 0.05) is 12.8 Å². The lowest BCUT2D eigenvalue weighted by Gasteiger charge is -2.22. The molecule has 0 fully saturated rings. The van der Waals surface area contributed by atoms with Crippen LogP contribution in [-0.4, -0.2) is 47.4 Å². The number of nitrogens with one attached hydrogen (secondary N) is 1. The minimum Gasteiger partial charge on any atom is -0.466 e. The first-order valence-corrected chi connectivity index (χ1v) is 33.3. The van der Waals surface area contributed by atoms with Crippen molar-refractivity contribution in [1.82, 2.24) is 5.32 Å². The molecule has 0 rings (SSSR count). The summed E-state index contributed by atoms with van der Waals surface area (Å²) in [5, 5.41) is 23.4. The van der Waals surface area contributed by atoms with Gasteiger partial charge in [-0.25, -0.2) is 0 Å². The van der Waals surface area contributed by atoms with Crippen molar-refractivity contribution in [3.05, 3.63) is 0 Å². The molecule has 0 aliphatic carbocycles. The van der Waals surface area contributed by atoms with Crippen LogP contribution in [0.2, 0.25) is 0 Å². The lowest BCUT2D eigenvalue weighted by atomic mass is 10.0. The van der Waals surface area contributed by atoms with Crippen LogP contribution in [0.1, 0.15) is 386 Å². The highest BCUT2D eigenvalue weighted by Crippen LogP contribution is 2.19. The van der Waals surface area contributed by atoms with Crippen LogP contribution in [0.25, 0.3) is 0 Å². The Kier molecular flexibility index (Phi) is 61.4. The third kappa shape index (κ3) is 58.1. The van der Waals surface area contributed by atoms with Crippen LogP contribution in [0.15, 0.2) is 0 Å². The summed E-state index contributed by atoms with van der Waals surface area (Å²) in [6.07, 6.45) is 74.1. The summed E-state index contributed by atoms with van der Waals surface area (Å²) in [5.74, 6) is -0.0260. The number of carbonyl (C=O) groups is 2. The zero-order valence-corrected chi connectivity index (χ0v) is 49.2. The van der Waals surface area contributed by atoms with Crippen LogP contribution < -0.4 is 5.32 Å². The molecule has 0 spiro atoms. The molecule has 430 valence electrons. The van der Waals surface area contributed by atoms with Crippen LogP contribution in [0.3, 0.4) is 0 Å². The molecule has 3 N–H and O–H groups in total. The Hall–Kier alpha value is -1.14. The summed E-state index contributed by atoms with van der Waals surface area (Å²) >= 11 is 0. The number of aliphatic hydroxyl groups excluding tert-OH is 2. The molecule has 0 aromatic carbocycles. The molecule has 0 aromatic rings. The van der Waals surface area contributed by atoms with E-state index in [4.69, 9.17) is 4.74 Å². The first-order chi connectivity index (χ1) is 35.5. The summed E-state index contributed by atoms with van der Waals surface area (Å²) in [6, 6.07) is -0.546. The van der Waals surface area contributed by atoms with E-state index in [0.717, 1.165) is 38.5 Å². The lowest BCUT2D eigenvalue weighted by Crippen LogP contribution is -2.45. The van der Waals surface area contributed by atoms with Gasteiger partial charge in [0.2, 0.25) is 5.91 Å². The van der Waals surface area contributed by atoms with E-state index in [1.54, 1.807) is 0 Å². The molecule has 0 aliphatic heterocycles. The molecule has 0 saturated heterocycles. The van der Waals surface area contributed by atoms with E-state index < -0.39 is 12.1 Å². The van der Waals surface area contributed by atoms with Gasteiger partial charge < -0.3 is 20.3 Å². The standard InChI is InChI=1S/C66H131NO5/c1-3-5-7-9-11-13-15-17-18-19-20-21-22-23-24-25-26-28-31-35-38-42-46-50-54-58-64(69)63(62-68)67-65(70)59-55-51-47-43-39-36-32-29-27-30-33-37-41-45-49-53-57-61-72-66(71)60-56-52-48-44-40-34-16-14-12-10-8-6-4-2/h63-64,68-69H,3-62H2,1-2H3,(H,67,70). The predicted octanol–water partition coefficient (Wildman–Crippen LogP) is 21.0. The Labute approximate surface area is 451 Å². The number of aliphatic hydroxyl groups is 2. The van der Waals surface area contributed by atoms with Crippen LogP contribution >= 0.6 is 0 Å². The average molecular weight is 1020 g/mol. The van der Waals surface area contributed by atoms with E-state index in [9.17, 15) is 19.8 Å². The van der Waals surface area contributed by atoms with E-state index in [0.29, 0.717) is 25.9 Å². The number of esters is 1. The van der Waals surface area contributed by atoms with Gasteiger partial charge in [-0.2, -0.15) is 0 Å². The smallest absolute Gasteiger partial charge is 0.305 e. The van der Waals surface area contributed by atoms with Gasteiger partial charge in [-0.1, -0.05) is 348 Å². The fourth-order valence-electron chi connectivity index (χ4n) is 10.8. The number of amides is 1. The average Bonchev–Trinajstić information content (AvgIpc) is 3.38. The molecule has 72 heavy (non-hydrogen) atoms. The number of ether oxygens (including phenoxy) is 1. The monoisotopic (exact) mass is 1020 g/mol. The molecule has 0 aliphatic rings. The molecular formula is C66H131NO5. The zero-order valence-electron chi connectivity index (χ0n) is 49.2. The lowest BCUT2D eigenvalue weighted by molar-refractivity contribution is -0.143. The third-order valence-electron chi connectivity index (χ3n) is 15.9. The van der Waals surface area contributed by atoms with E-state index >= 15 is 0 Å². The Morgan fingerprint density at radius 3 is 0.847 bits per heavy atom. The molecule has 2 unspecified atom stereocenters. The molecule has 0 bridgehead atoms. The molecule has 0 saturated carbocycles. The van der Waals surface area contributed by atoms with Crippen molar-refractivity contribution in [3.63, 3.8) is 0 Å². The first-order valence-electron chi connectivity index (χ1n) is 33.3. The first kappa shape index (κ1) is 70.9. The fourth-order valence-corrected chi connectivity index (χ4v) is 10.8. The van der Waals surface area contributed by atoms with Crippen LogP contribution in [0.4, 0.5) is 0 Å². The summed E-state index contributed by atoms with van der Waals surface area (Å²) in [5.41, 5.74) is 0. The Bertz CT molecular complexity index is 1040. The maximum atomic E-state index is 12.5. The van der Waals surface area contributed by atoms with E-state index in [1.807, 2.05) is 0 Å². The summed E-state index contributed by atoms with van der Waals surface area (Å²) in [7, 11) is 0. The van der Waals surface area contributed by atoms with Crippen molar-refractivity contribution < 1.29 is 24.5 Å². The molecular weight excluding hydrogens is 887 g/mol. The molecule has 6 heteroatoms. The normalized spacial score (nSPS) is 12.4. The SMILES string of the molecule is CCCCCCCCCCCCCCCCCCCCCCCCCCCC(O)C(CO)NC(=O)CCCCCCCCCCCCCCCCCCCOC(=O)CCCCCCCCCCCCCCC. The second kappa shape index (κ2) is 62.4. The molecule has 6 nitrogen and oxygen atoms in total. The van der Waals surface area contributed by atoms with E-state index in [-0.39, 0.29) is 18.5 Å². The van der Waals surface area contributed by atoms with Gasteiger partial charge in [-0.3, -0.25) is 9.59 Å². The quantitative estimate of drug-likeness (QED) is 0.0417. The minimum absolute atomic E-state index is 0.00859. The molecule has 2 atom stereocenters. The van der Waals surface area contributed by atoms with Gasteiger partial charge in [0.1, 0.15) is 0 Å². The van der Waals surface area contributed by atoms with Gasteiger partial charge in [-0.05, 0) is 25.7 Å². The Balaban J connectivity index is 3.40. The second-order valence-corrected chi connectivity index (χ2v) is 23.2. The maximum Gasteiger partial charge on any atom is 0.305 e. The van der Waals surface area contributed by atoms with Crippen molar-refractivity contribution in [2.45, 2.75) is 398 Å². The maximum absolute atomic E-state index is 12.5. The molecule has 0 heterocycles. The Morgan fingerprint density at radius 2 is 0.569 bits per heavy atom. The predicted molar refractivity (Wildman–Crippen MR) is 315 cm³/mol. The van der Waals surface area contributed by atoms with Gasteiger partial charge in [0.05, 0.1) is 25.4 Å². The largest absolute Gasteiger partial charge is 0.466 e. The second-order valence-electron chi connectivity index (χ2n) is 23.2. The number of hydrogen-bond donors (Lipinski definition) is 3. The number of carbonyl (C=O) groups excluding carboxylic acids is 2. The summed E-state index contributed by atoms with van der Waals surface area (Å²) in [4.78, 5) is 24.6. The number of rotatable bonds is 63.